The summed E-state index contributed by atoms with van der Waals surface area (Å²) < 4.78 is 5.52. The van der Waals surface area contributed by atoms with E-state index < -0.39 is 0 Å². The topological polar surface area (TPSA) is 68.0 Å². The quantitative estimate of drug-likeness (QED) is 0.709. The number of carbonyl (C=O) groups excluding carboxylic acids is 1. The van der Waals surface area contributed by atoms with Crippen LogP contribution in [0.4, 0.5) is 5.82 Å². The number of rotatable bonds is 4. The molecule has 0 fully saturated rings. The van der Waals surface area contributed by atoms with E-state index in [-0.39, 0.29) is 11.7 Å². The number of fused-ring (bicyclic) bond motifs is 1. The van der Waals surface area contributed by atoms with Crippen LogP contribution in [0.5, 0.6) is 0 Å². The minimum absolute atomic E-state index is 0.158. The first kappa shape index (κ1) is 15.1. The Morgan fingerprint density at radius 1 is 1.23 bits per heavy atom. The molecule has 1 amide bonds. The van der Waals surface area contributed by atoms with Gasteiger partial charge in [-0.05, 0) is 30.3 Å². The third-order valence-electron chi connectivity index (χ3n) is 2.65. The molecular formula is C14H9Cl2N3O2S. The smallest absolute Gasteiger partial charge is 0.257 e. The van der Waals surface area contributed by atoms with Gasteiger partial charge in [-0.25, -0.2) is 9.97 Å². The molecule has 22 heavy (non-hydrogen) atoms. The van der Waals surface area contributed by atoms with E-state index in [2.05, 4.69) is 15.3 Å². The van der Waals surface area contributed by atoms with Crippen LogP contribution in [0.2, 0.25) is 10.0 Å². The van der Waals surface area contributed by atoms with Crippen molar-refractivity contribution in [3.05, 3.63) is 46.6 Å². The average molecular weight is 354 g/mol. The van der Waals surface area contributed by atoms with Gasteiger partial charge in [0.1, 0.15) is 11.3 Å². The minimum atomic E-state index is -0.208. The number of oxazole rings is 1. The number of hydrogen-bond acceptors (Lipinski definition) is 5. The molecule has 0 unspecified atom stereocenters. The highest BCUT2D eigenvalue weighted by Gasteiger charge is 2.10. The Bertz CT molecular complexity index is 821. The summed E-state index contributed by atoms with van der Waals surface area (Å²) in [6, 6.07) is 8.46. The molecule has 3 rings (SSSR count). The zero-order chi connectivity index (χ0) is 15.5. The summed E-state index contributed by atoms with van der Waals surface area (Å²) in [5, 5.41) is 4.17. The molecule has 5 nitrogen and oxygen atoms in total. The summed E-state index contributed by atoms with van der Waals surface area (Å²) in [4.78, 5) is 20.1. The highest BCUT2D eigenvalue weighted by Crippen LogP contribution is 2.25. The highest BCUT2D eigenvalue weighted by atomic mass is 35.5. The Hall–Kier alpha value is -1.76. The summed E-state index contributed by atoms with van der Waals surface area (Å²) in [6.07, 6.45) is 1.47. The first-order valence-electron chi connectivity index (χ1n) is 6.20. The van der Waals surface area contributed by atoms with Gasteiger partial charge in [0.15, 0.2) is 5.58 Å². The maximum absolute atomic E-state index is 11.8. The number of thioether (sulfide) groups is 1. The van der Waals surface area contributed by atoms with Crippen LogP contribution >= 0.6 is 35.0 Å². The largest absolute Gasteiger partial charge is 0.431 e. The molecule has 1 N–H and O–H groups in total. The lowest BCUT2D eigenvalue weighted by Crippen LogP contribution is -2.14. The lowest BCUT2D eigenvalue weighted by Gasteiger charge is -2.02. The van der Waals surface area contributed by atoms with Crippen molar-refractivity contribution in [2.75, 3.05) is 11.1 Å². The van der Waals surface area contributed by atoms with Crippen LogP contribution in [-0.4, -0.2) is 21.6 Å². The van der Waals surface area contributed by atoms with Gasteiger partial charge in [0.05, 0.1) is 10.8 Å². The maximum Gasteiger partial charge on any atom is 0.257 e. The highest BCUT2D eigenvalue weighted by molar-refractivity contribution is 7.99. The number of nitrogens with one attached hydrogen (secondary N) is 1. The fourth-order valence-corrected chi connectivity index (χ4v) is 2.61. The predicted molar refractivity (Wildman–Crippen MR) is 87.6 cm³/mol. The van der Waals surface area contributed by atoms with E-state index in [0.717, 1.165) is 0 Å². The Labute approximate surface area is 140 Å². The van der Waals surface area contributed by atoms with Crippen molar-refractivity contribution < 1.29 is 9.21 Å². The first-order chi connectivity index (χ1) is 10.6. The Kier molecular flexibility index (Phi) is 4.52. The number of amides is 1. The number of pyridine rings is 1. The van der Waals surface area contributed by atoms with Crippen molar-refractivity contribution in [1.29, 1.82) is 0 Å². The van der Waals surface area contributed by atoms with Gasteiger partial charge < -0.3 is 9.73 Å². The Morgan fingerprint density at radius 2 is 2.05 bits per heavy atom. The van der Waals surface area contributed by atoms with Crippen LogP contribution in [0.25, 0.3) is 11.1 Å². The van der Waals surface area contributed by atoms with Crippen LogP contribution in [0.3, 0.4) is 0 Å². The molecule has 0 saturated carbocycles. The predicted octanol–water partition coefficient (Wildman–Crippen LogP) is 4.26. The lowest BCUT2D eigenvalue weighted by atomic mass is 10.3. The van der Waals surface area contributed by atoms with Gasteiger partial charge in [0.25, 0.3) is 5.22 Å². The van der Waals surface area contributed by atoms with Gasteiger partial charge in [-0.15, -0.1) is 0 Å². The van der Waals surface area contributed by atoms with Gasteiger partial charge in [-0.1, -0.05) is 35.0 Å². The molecule has 2 heterocycles. The van der Waals surface area contributed by atoms with Crippen LogP contribution in [0, 0.1) is 0 Å². The molecular weight excluding hydrogens is 345 g/mol. The molecule has 0 atom stereocenters. The van der Waals surface area contributed by atoms with Crippen molar-refractivity contribution in [3.8, 4) is 0 Å². The van der Waals surface area contributed by atoms with Gasteiger partial charge >= 0.3 is 0 Å². The van der Waals surface area contributed by atoms with E-state index in [4.69, 9.17) is 27.6 Å². The molecule has 112 valence electrons. The second kappa shape index (κ2) is 6.56. The number of halogens is 2. The number of aromatic nitrogens is 2. The zero-order valence-electron chi connectivity index (χ0n) is 11.0. The van der Waals surface area contributed by atoms with E-state index in [1.807, 2.05) is 0 Å². The maximum atomic E-state index is 11.8. The van der Waals surface area contributed by atoms with Gasteiger partial charge in [0.2, 0.25) is 5.91 Å². The number of hydrogen-bond donors (Lipinski definition) is 1. The second-order valence-corrected chi connectivity index (χ2v) is 6.09. The number of carbonyl (C=O) groups is 1. The summed E-state index contributed by atoms with van der Waals surface area (Å²) in [5.41, 5.74) is 1.29. The number of anilines is 1. The normalized spacial score (nSPS) is 10.8. The molecule has 3 aromatic rings. The van der Waals surface area contributed by atoms with Gasteiger partial charge in [0, 0.05) is 11.2 Å². The molecule has 0 aliphatic rings. The molecule has 0 saturated heterocycles. The Balaban J connectivity index is 1.61. The third-order valence-corrected chi connectivity index (χ3v) is 3.94. The molecule has 8 heteroatoms. The molecule has 0 radical (unpaired) electrons. The van der Waals surface area contributed by atoms with E-state index in [0.29, 0.717) is 32.2 Å². The fraction of sp³-hybridized carbons (Fsp3) is 0.0714. The van der Waals surface area contributed by atoms with Crippen LogP contribution in [0.15, 0.2) is 46.2 Å². The first-order valence-corrected chi connectivity index (χ1v) is 7.94. The molecule has 0 aliphatic carbocycles. The van der Waals surface area contributed by atoms with Crippen molar-refractivity contribution >= 4 is 57.8 Å². The summed E-state index contributed by atoms with van der Waals surface area (Å²) in [7, 11) is 0. The molecule has 0 spiro atoms. The molecule has 2 aromatic heterocycles. The van der Waals surface area contributed by atoms with E-state index in [1.165, 1.54) is 18.0 Å². The summed E-state index contributed by atoms with van der Waals surface area (Å²) >= 11 is 12.8. The van der Waals surface area contributed by atoms with E-state index in [9.17, 15) is 4.79 Å². The van der Waals surface area contributed by atoms with Gasteiger partial charge in [-0.2, -0.15) is 0 Å². The van der Waals surface area contributed by atoms with E-state index >= 15 is 0 Å². The van der Waals surface area contributed by atoms with Crippen LogP contribution in [-0.2, 0) is 4.79 Å². The summed E-state index contributed by atoms with van der Waals surface area (Å²) in [6.45, 7) is 0. The average Bonchev–Trinajstić information content (AvgIpc) is 2.89. The van der Waals surface area contributed by atoms with Crippen LogP contribution in [0.1, 0.15) is 0 Å². The standard InChI is InChI=1S/C14H9Cl2N3O2S/c15-8-1-3-11-10(5-8)18-14(21-11)22-7-13(20)19-12-4-2-9(16)6-17-12/h1-6H,7H2,(H,17,19,20). The fourth-order valence-electron chi connectivity index (χ4n) is 1.70. The third kappa shape index (κ3) is 3.71. The number of benzene rings is 1. The van der Waals surface area contributed by atoms with Crippen molar-refractivity contribution in [2.24, 2.45) is 0 Å². The molecule has 0 bridgehead atoms. The van der Waals surface area contributed by atoms with Crippen LogP contribution < -0.4 is 5.32 Å². The van der Waals surface area contributed by atoms with Crippen molar-refractivity contribution in [2.45, 2.75) is 5.22 Å². The zero-order valence-corrected chi connectivity index (χ0v) is 13.4. The Morgan fingerprint density at radius 3 is 2.82 bits per heavy atom. The SMILES string of the molecule is O=C(CSc1nc2cc(Cl)ccc2o1)Nc1ccc(Cl)cn1. The lowest BCUT2D eigenvalue weighted by molar-refractivity contribution is -0.113. The summed E-state index contributed by atoms with van der Waals surface area (Å²) in [5.74, 6) is 0.393. The monoisotopic (exact) mass is 353 g/mol. The molecule has 1 aromatic carbocycles. The second-order valence-electron chi connectivity index (χ2n) is 4.29. The molecule has 0 aliphatic heterocycles. The van der Waals surface area contributed by atoms with Crippen molar-refractivity contribution in [3.63, 3.8) is 0 Å². The van der Waals surface area contributed by atoms with Gasteiger partial charge in [-0.3, -0.25) is 4.79 Å². The van der Waals surface area contributed by atoms with Crippen molar-refractivity contribution in [1.82, 2.24) is 9.97 Å². The minimum Gasteiger partial charge on any atom is -0.431 e. The number of nitrogens with zero attached hydrogens (tertiary/aromatic N) is 2. The van der Waals surface area contributed by atoms with E-state index in [1.54, 1.807) is 30.3 Å².